The van der Waals surface area contributed by atoms with Gasteiger partial charge in [0, 0.05) is 11.3 Å². The third-order valence-corrected chi connectivity index (χ3v) is 4.48. The first-order valence-corrected chi connectivity index (χ1v) is 8.75. The van der Waals surface area contributed by atoms with Crippen LogP contribution in [0.2, 0.25) is 0 Å². The van der Waals surface area contributed by atoms with E-state index in [1.54, 1.807) is 0 Å². The number of likely N-dealkylation sites (N-methyl/N-ethyl adjacent to an activating group) is 1. The molecule has 5 heteroatoms. The summed E-state index contributed by atoms with van der Waals surface area (Å²) in [6, 6.07) is 26.8. The fraction of sp³-hybridized carbons (Fsp3) is 0.136. The van der Waals surface area contributed by atoms with Gasteiger partial charge in [0.2, 0.25) is 0 Å². The van der Waals surface area contributed by atoms with Gasteiger partial charge < -0.3 is 14.8 Å². The second kappa shape index (κ2) is 7.13. The molecule has 1 saturated heterocycles. The number of carbonyl (C=O) groups excluding carboxylic acids is 1. The topological polar surface area (TPSA) is 50.8 Å². The third kappa shape index (κ3) is 3.50. The second-order valence-corrected chi connectivity index (χ2v) is 6.40. The molecule has 136 valence electrons. The Hall–Kier alpha value is -3.31. The van der Waals surface area contributed by atoms with Gasteiger partial charge in [-0.3, -0.25) is 4.79 Å². The molecule has 1 atom stereocenters. The lowest BCUT2D eigenvalue weighted by molar-refractivity contribution is -0.150. The summed E-state index contributed by atoms with van der Waals surface area (Å²) < 4.78 is 11.6. The van der Waals surface area contributed by atoms with Crippen molar-refractivity contribution < 1.29 is 14.3 Å². The zero-order valence-corrected chi connectivity index (χ0v) is 15.0. The van der Waals surface area contributed by atoms with Gasteiger partial charge in [0.15, 0.2) is 0 Å². The highest BCUT2D eigenvalue weighted by Crippen LogP contribution is 2.36. The predicted octanol–water partition coefficient (Wildman–Crippen LogP) is 4.19. The van der Waals surface area contributed by atoms with Crippen LogP contribution in [0, 0.1) is 0 Å². The smallest absolute Gasteiger partial charge is 0.323 e. The van der Waals surface area contributed by atoms with E-state index < -0.39 is 5.85 Å². The van der Waals surface area contributed by atoms with Crippen molar-refractivity contribution in [3.05, 3.63) is 90.5 Å². The van der Waals surface area contributed by atoms with Crippen LogP contribution in [0.15, 0.2) is 84.9 Å². The van der Waals surface area contributed by atoms with Crippen LogP contribution in [0.4, 0.5) is 5.69 Å². The monoisotopic (exact) mass is 360 g/mol. The molecule has 5 nitrogen and oxygen atoms in total. The summed E-state index contributed by atoms with van der Waals surface area (Å²) in [5.41, 5.74) is 1.68. The molecule has 1 aliphatic rings. The lowest BCUT2D eigenvalue weighted by Gasteiger charge is -2.35. The second-order valence-electron chi connectivity index (χ2n) is 6.40. The molecule has 1 heterocycles. The SMILES string of the molecule is CN1CC(=O)O[C@]1(Nc1ccccc1)c1ccc(Oc2ccccc2)cc1. The Balaban J connectivity index is 1.63. The molecule has 0 bridgehead atoms. The van der Waals surface area contributed by atoms with E-state index in [0.717, 1.165) is 17.0 Å². The van der Waals surface area contributed by atoms with Crippen molar-refractivity contribution in [1.29, 1.82) is 0 Å². The van der Waals surface area contributed by atoms with Gasteiger partial charge in [0.1, 0.15) is 18.0 Å². The Morgan fingerprint density at radius 3 is 2.07 bits per heavy atom. The molecule has 0 radical (unpaired) electrons. The Morgan fingerprint density at radius 2 is 1.48 bits per heavy atom. The van der Waals surface area contributed by atoms with E-state index >= 15 is 0 Å². The molecule has 0 amide bonds. The number of para-hydroxylation sites is 2. The Kier molecular flexibility index (Phi) is 4.52. The first-order chi connectivity index (χ1) is 13.2. The number of ether oxygens (including phenoxy) is 2. The fourth-order valence-corrected chi connectivity index (χ4v) is 3.14. The Morgan fingerprint density at radius 1 is 0.889 bits per heavy atom. The molecule has 0 unspecified atom stereocenters. The summed E-state index contributed by atoms with van der Waals surface area (Å²) in [6.45, 7) is 0.210. The van der Waals surface area contributed by atoms with Gasteiger partial charge >= 0.3 is 5.97 Å². The van der Waals surface area contributed by atoms with Crippen LogP contribution in [-0.4, -0.2) is 24.5 Å². The van der Waals surface area contributed by atoms with E-state index in [1.807, 2.05) is 96.9 Å². The van der Waals surface area contributed by atoms with Crippen molar-refractivity contribution in [2.75, 3.05) is 18.9 Å². The minimum absolute atomic E-state index is 0.210. The summed E-state index contributed by atoms with van der Waals surface area (Å²) in [5, 5.41) is 3.36. The van der Waals surface area contributed by atoms with Crippen LogP contribution in [0.1, 0.15) is 5.56 Å². The molecule has 1 aliphatic heterocycles. The van der Waals surface area contributed by atoms with Gasteiger partial charge in [0.25, 0.3) is 5.85 Å². The average molecular weight is 360 g/mol. The summed E-state index contributed by atoms with van der Waals surface area (Å²) >= 11 is 0. The third-order valence-electron chi connectivity index (χ3n) is 4.48. The fourth-order valence-electron chi connectivity index (χ4n) is 3.14. The number of benzene rings is 3. The number of esters is 1. The van der Waals surface area contributed by atoms with Crippen molar-refractivity contribution >= 4 is 11.7 Å². The highest BCUT2D eigenvalue weighted by atomic mass is 16.6. The summed E-state index contributed by atoms with van der Waals surface area (Å²) in [6.07, 6.45) is 0. The van der Waals surface area contributed by atoms with Gasteiger partial charge in [-0.15, -0.1) is 0 Å². The predicted molar refractivity (Wildman–Crippen MR) is 103 cm³/mol. The van der Waals surface area contributed by atoms with E-state index in [2.05, 4.69) is 5.32 Å². The first-order valence-electron chi connectivity index (χ1n) is 8.75. The number of cyclic esters (lactones) is 1. The van der Waals surface area contributed by atoms with Crippen LogP contribution in [0.5, 0.6) is 11.5 Å². The maximum atomic E-state index is 12.0. The maximum absolute atomic E-state index is 12.0. The Bertz CT molecular complexity index is 913. The van der Waals surface area contributed by atoms with E-state index in [-0.39, 0.29) is 12.5 Å². The van der Waals surface area contributed by atoms with Crippen LogP contribution in [-0.2, 0) is 15.4 Å². The van der Waals surface area contributed by atoms with Gasteiger partial charge in [-0.25, -0.2) is 4.90 Å². The largest absolute Gasteiger partial charge is 0.457 e. The quantitative estimate of drug-likeness (QED) is 0.692. The van der Waals surface area contributed by atoms with E-state index in [0.29, 0.717) is 5.75 Å². The molecule has 1 N–H and O–H groups in total. The van der Waals surface area contributed by atoms with Crippen molar-refractivity contribution in [3.8, 4) is 11.5 Å². The molecular weight excluding hydrogens is 340 g/mol. The molecule has 1 fully saturated rings. The summed E-state index contributed by atoms with van der Waals surface area (Å²) in [5.74, 6) is 0.160. The van der Waals surface area contributed by atoms with E-state index in [4.69, 9.17) is 9.47 Å². The molecule has 3 aromatic rings. The number of carbonyl (C=O) groups is 1. The van der Waals surface area contributed by atoms with Crippen molar-refractivity contribution in [2.45, 2.75) is 5.85 Å². The minimum atomic E-state index is -1.05. The Labute approximate surface area is 158 Å². The molecule has 0 saturated carbocycles. The van der Waals surface area contributed by atoms with Gasteiger partial charge in [0.05, 0.1) is 0 Å². The van der Waals surface area contributed by atoms with E-state index in [1.165, 1.54) is 0 Å². The van der Waals surface area contributed by atoms with Gasteiger partial charge in [-0.2, -0.15) is 0 Å². The number of rotatable bonds is 5. The molecular formula is C22H20N2O3. The summed E-state index contributed by atoms with van der Waals surface area (Å²) in [4.78, 5) is 13.9. The number of nitrogens with one attached hydrogen (secondary N) is 1. The lowest BCUT2D eigenvalue weighted by Crippen LogP contribution is -2.46. The number of hydrogen-bond donors (Lipinski definition) is 1. The lowest BCUT2D eigenvalue weighted by atomic mass is 10.1. The average Bonchev–Trinajstić information content (AvgIpc) is 2.98. The number of nitrogens with zero attached hydrogens (tertiary/aromatic N) is 1. The number of hydrogen-bond acceptors (Lipinski definition) is 5. The number of anilines is 1. The molecule has 4 rings (SSSR count). The van der Waals surface area contributed by atoms with Gasteiger partial charge in [-0.05, 0) is 55.6 Å². The molecule has 3 aromatic carbocycles. The van der Waals surface area contributed by atoms with Crippen LogP contribution >= 0.6 is 0 Å². The minimum Gasteiger partial charge on any atom is -0.457 e. The molecule has 27 heavy (non-hydrogen) atoms. The highest BCUT2D eigenvalue weighted by molar-refractivity contribution is 5.75. The van der Waals surface area contributed by atoms with Gasteiger partial charge in [-0.1, -0.05) is 36.4 Å². The van der Waals surface area contributed by atoms with Crippen LogP contribution in [0.25, 0.3) is 0 Å². The zero-order valence-electron chi connectivity index (χ0n) is 15.0. The van der Waals surface area contributed by atoms with Crippen molar-refractivity contribution in [2.24, 2.45) is 0 Å². The van der Waals surface area contributed by atoms with E-state index in [9.17, 15) is 4.79 Å². The summed E-state index contributed by atoms with van der Waals surface area (Å²) in [7, 11) is 1.86. The van der Waals surface area contributed by atoms with Crippen molar-refractivity contribution in [3.63, 3.8) is 0 Å². The molecule has 0 spiro atoms. The molecule has 0 aromatic heterocycles. The normalized spacial score (nSPS) is 19.5. The maximum Gasteiger partial charge on any atom is 0.323 e. The molecule has 0 aliphatic carbocycles. The highest BCUT2D eigenvalue weighted by Gasteiger charge is 2.47. The zero-order chi connectivity index (χ0) is 18.7. The first kappa shape index (κ1) is 17.1. The van der Waals surface area contributed by atoms with Crippen molar-refractivity contribution in [1.82, 2.24) is 4.90 Å². The van der Waals surface area contributed by atoms with Crippen LogP contribution < -0.4 is 10.1 Å². The standard InChI is InChI=1S/C22H20N2O3/c1-24-16-21(25)27-22(24,23-18-8-4-2-5-9-18)17-12-14-20(15-13-17)26-19-10-6-3-7-11-19/h2-15,23H,16H2,1H3/t22-/m0/s1. The van der Waals surface area contributed by atoms with Crippen LogP contribution in [0.3, 0.4) is 0 Å².